The third kappa shape index (κ3) is 3.74. The number of hydrogen-bond acceptors (Lipinski definition) is 3. The van der Waals surface area contributed by atoms with Crippen LogP contribution in [-0.2, 0) is 10.0 Å². The van der Waals surface area contributed by atoms with E-state index in [9.17, 15) is 8.42 Å². The number of aliphatic hydroxyl groups is 1. The van der Waals surface area contributed by atoms with Crippen molar-refractivity contribution in [3.63, 3.8) is 0 Å². The molecule has 1 fully saturated rings. The van der Waals surface area contributed by atoms with Gasteiger partial charge in [-0.3, -0.25) is 0 Å². The van der Waals surface area contributed by atoms with Crippen molar-refractivity contribution in [1.29, 1.82) is 0 Å². The quantitative estimate of drug-likeness (QED) is 0.779. The van der Waals surface area contributed by atoms with E-state index in [1.165, 1.54) is 4.31 Å². The molecule has 90 valence electrons. The van der Waals surface area contributed by atoms with Crippen LogP contribution in [0.15, 0.2) is 0 Å². The lowest BCUT2D eigenvalue weighted by atomic mass is 10.0. The zero-order valence-electron chi connectivity index (χ0n) is 9.52. The Balaban J connectivity index is 2.62. The van der Waals surface area contributed by atoms with Gasteiger partial charge in [-0.1, -0.05) is 13.8 Å². The van der Waals surface area contributed by atoms with Crippen molar-refractivity contribution < 1.29 is 13.5 Å². The summed E-state index contributed by atoms with van der Waals surface area (Å²) < 4.78 is 25.3. The molecule has 0 radical (unpaired) electrons. The number of sulfonamides is 1. The van der Waals surface area contributed by atoms with Crippen LogP contribution in [0.1, 0.15) is 26.7 Å². The summed E-state index contributed by atoms with van der Waals surface area (Å²) in [6, 6.07) is 0. The van der Waals surface area contributed by atoms with Crippen LogP contribution in [0, 0.1) is 11.8 Å². The SMILES string of the molecule is CC(C)CS(=O)(=O)N1CCCC(CO)C1. The Labute approximate surface area is 92.3 Å². The molecule has 4 nitrogen and oxygen atoms in total. The minimum Gasteiger partial charge on any atom is -0.396 e. The Morgan fingerprint density at radius 3 is 2.67 bits per heavy atom. The predicted molar refractivity (Wildman–Crippen MR) is 60.0 cm³/mol. The topological polar surface area (TPSA) is 57.6 Å². The lowest BCUT2D eigenvalue weighted by molar-refractivity contribution is 0.165. The lowest BCUT2D eigenvalue weighted by Gasteiger charge is -2.31. The third-order valence-corrected chi connectivity index (χ3v) is 4.88. The van der Waals surface area contributed by atoms with Crippen molar-refractivity contribution in [3.8, 4) is 0 Å². The Morgan fingerprint density at radius 1 is 1.47 bits per heavy atom. The highest BCUT2D eigenvalue weighted by molar-refractivity contribution is 7.89. The molecule has 1 rings (SSSR count). The van der Waals surface area contributed by atoms with E-state index in [0.29, 0.717) is 13.1 Å². The Hall–Kier alpha value is -0.130. The van der Waals surface area contributed by atoms with Crippen LogP contribution in [0.2, 0.25) is 0 Å². The van der Waals surface area contributed by atoms with Crippen molar-refractivity contribution in [2.75, 3.05) is 25.4 Å². The van der Waals surface area contributed by atoms with Crippen molar-refractivity contribution in [3.05, 3.63) is 0 Å². The number of piperidine rings is 1. The fourth-order valence-corrected chi connectivity index (χ4v) is 3.85. The van der Waals surface area contributed by atoms with Gasteiger partial charge in [-0.25, -0.2) is 12.7 Å². The molecular formula is C10H21NO3S. The smallest absolute Gasteiger partial charge is 0.214 e. The maximum absolute atomic E-state index is 11.9. The molecule has 1 aliphatic rings. The molecule has 1 aliphatic heterocycles. The van der Waals surface area contributed by atoms with Crippen LogP contribution in [-0.4, -0.2) is 43.3 Å². The van der Waals surface area contributed by atoms with Crippen LogP contribution in [0.5, 0.6) is 0 Å². The maximum atomic E-state index is 11.9. The van der Waals surface area contributed by atoms with Gasteiger partial charge in [0.2, 0.25) is 10.0 Å². The molecule has 0 aromatic heterocycles. The molecule has 0 bridgehead atoms. The summed E-state index contributed by atoms with van der Waals surface area (Å²) in [7, 11) is -3.10. The van der Waals surface area contributed by atoms with E-state index in [1.54, 1.807) is 0 Å². The zero-order valence-corrected chi connectivity index (χ0v) is 10.3. The number of hydrogen-bond donors (Lipinski definition) is 1. The van der Waals surface area contributed by atoms with E-state index in [2.05, 4.69) is 0 Å². The van der Waals surface area contributed by atoms with Crippen LogP contribution < -0.4 is 0 Å². The Morgan fingerprint density at radius 2 is 2.13 bits per heavy atom. The van der Waals surface area contributed by atoms with Crippen molar-refractivity contribution in [2.24, 2.45) is 11.8 Å². The second-order valence-electron chi connectivity index (χ2n) is 4.72. The molecule has 1 unspecified atom stereocenters. The summed E-state index contributed by atoms with van der Waals surface area (Å²) in [5, 5.41) is 9.03. The molecule has 0 aromatic rings. The van der Waals surface area contributed by atoms with E-state index >= 15 is 0 Å². The molecular weight excluding hydrogens is 214 g/mol. The highest BCUT2D eigenvalue weighted by atomic mass is 32.2. The summed E-state index contributed by atoms with van der Waals surface area (Å²) in [4.78, 5) is 0. The van der Waals surface area contributed by atoms with Crippen LogP contribution in [0.4, 0.5) is 0 Å². The van der Waals surface area contributed by atoms with Crippen molar-refractivity contribution in [1.82, 2.24) is 4.31 Å². The maximum Gasteiger partial charge on any atom is 0.214 e. The molecule has 1 atom stereocenters. The fraction of sp³-hybridized carbons (Fsp3) is 1.00. The highest BCUT2D eigenvalue weighted by Crippen LogP contribution is 2.19. The summed E-state index contributed by atoms with van der Waals surface area (Å²) >= 11 is 0. The van der Waals surface area contributed by atoms with Gasteiger partial charge >= 0.3 is 0 Å². The molecule has 0 aromatic carbocycles. The van der Waals surface area contributed by atoms with Crippen molar-refractivity contribution >= 4 is 10.0 Å². The molecule has 0 spiro atoms. The van der Waals surface area contributed by atoms with E-state index in [-0.39, 0.29) is 24.2 Å². The minimum atomic E-state index is -3.10. The van der Waals surface area contributed by atoms with Crippen LogP contribution in [0.3, 0.4) is 0 Å². The summed E-state index contributed by atoms with van der Waals surface area (Å²) in [5.74, 6) is 0.496. The molecule has 15 heavy (non-hydrogen) atoms. The summed E-state index contributed by atoms with van der Waals surface area (Å²) in [6.07, 6.45) is 1.80. The van der Waals surface area contributed by atoms with Crippen molar-refractivity contribution in [2.45, 2.75) is 26.7 Å². The number of rotatable bonds is 4. The van der Waals surface area contributed by atoms with Gasteiger partial charge < -0.3 is 5.11 Å². The second-order valence-corrected chi connectivity index (χ2v) is 6.73. The van der Waals surface area contributed by atoms with Gasteiger partial charge in [0.25, 0.3) is 0 Å². The Bertz CT molecular complexity index is 287. The number of nitrogens with zero attached hydrogens (tertiary/aromatic N) is 1. The zero-order chi connectivity index (χ0) is 11.5. The summed E-state index contributed by atoms with van der Waals surface area (Å²) in [5.41, 5.74) is 0. The van der Waals surface area contributed by atoms with Gasteiger partial charge in [-0.05, 0) is 24.7 Å². The highest BCUT2D eigenvalue weighted by Gasteiger charge is 2.28. The third-order valence-electron chi connectivity index (χ3n) is 2.68. The average Bonchev–Trinajstić information content (AvgIpc) is 2.16. The van der Waals surface area contributed by atoms with Gasteiger partial charge in [0.05, 0.1) is 5.75 Å². The molecule has 1 heterocycles. The molecule has 1 N–H and O–H groups in total. The molecule has 1 saturated heterocycles. The predicted octanol–water partition coefficient (Wildman–Crippen LogP) is 0.676. The first-order valence-electron chi connectivity index (χ1n) is 5.54. The van der Waals surface area contributed by atoms with Gasteiger partial charge in [-0.15, -0.1) is 0 Å². The molecule has 5 heteroatoms. The van der Waals surface area contributed by atoms with Crippen LogP contribution in [0.25, 0.3) is 0 Å². The van der Waals surface area contributed by atoms with Gasteiger partial charge in [0, 0.05) is 19.7 Å². The monoisotopic (exact) mass is 235 g/mol. The van der Waals surface area contributed by atoms with Crippen LogP contribution >= 0.6 is 0 Å². The largest absolute Gasteiger partial charge is 0.396 e. The lowest BCUT2D eigenvalue weighted by Crippen LogP contribution is -2.42. The second kappa shape index (κ2) is 5.27. The molecule has 0 amide bonds. The summed E-state index contributed by atoms with van der Waals surface area (Å²) in [6.45, 7) is 5.01. The molecule has 0 saturated carbocycles. The first-order chi connectivity index (χ1) is 6.95. The number of aliphatic hydroxyl groups excluding tert-OH is 1. The fourth-order valence-electron chi connectivity index (χ4n) is 1.96. The standard InChI is InChI=1S/C10H21NO3S/c1-9(2)8-15(13,14)11-5-3-4-10(6-11)7-12/h9-10,12H,3-8H2,1-2H3. The van der Waals surface area contributed by atoms with E-state index in [1.807, 2.05) is 13.8 Å². The van der Waals surface area contributed by atoms with Gasteiger partial charge in [-0.2, -0.15) is 0 Å². The minimum absolute atomic E-state index is 0.0910. The van der Waals surface area contributed by atoms with Gasteiger partial charge in [0.1, 0.15) is 0 Å². The van der Waals surface area contributed by atoms with E-state index in [0.717, 1.165) is 12.8 Å². The average molecular weight is 235 g/mol. The van der Waals surface area contributed by atoms with E-state index in [4.69, 9.17) is 5.11 Å². The first kappa shape index (κ1) is 12.9. The van der Waals surface area contributed by atoms with E-state index < -0.39 is 10.0 Å². The normalized spacial score (nSPS) is 24.7. The Kier molecular flexibility index (Phi) is 4.55. The molecule has 0 aliphatic carbocycles. The first-order valence-corrected chi connectivity index (χ1v) is 7.15. The van der Waals surface area contributed by atoms with Gasteiger partial charge in [0.15, 0.2) is 0 Å².